The summed E-state index contributed by atoms with van der Waals surface area (Å²) in [6, 6.07) is 32.7. The predicted molar refractivity (Wildman–Crippen MR) is 488 cm³/mol. The van der Waals surface area contributed by atoms with Crippen LogP contribution in [-0.4, -0.2) is 250 Å². The molecule has 0 radical (unpaired) electrons. The number of aliphatic hydroxyl groups excluding tert-OH is 1. The number of hydrogen-bond acceptors (Lipinski definition) is 29. The second-order valence-electron chi connectivity index (χ2n) is 40.5. The van der Waals surface area contributed by atoms with Crippen molar-refractivity contribution < 1.29 is 103 Å². The van der Waals surface area contributed by atoms with Crippen LogP contribution in [0.4, 0.5) is 43.2 Å². The Morgan fingerprint density at radius 3 is 1.00 bits per heavy atom. The summed E-state index contributed by atoms with van der Waals surface area (Å²) in [5, 5.41) is 41.2. The van der Waals surface area contributed by atoms with E-state index in [4.69, 9.17) is 58.9 Å². The number of hydrogen-bond donors (Lipinski definition) is 5. The molecule has 2 aromatic heterocycles. The number of hydroxylamine groups is 1. The molecule has 14 heterocycles. The van der Waals surface area contributed by atoms with Crippen LogP contribution in [-0.2, 0) is 84.7 Å². The third kappa shape index (κ3) is 30.7. The number of aliphatic hydroxyl groups is 1. The number of aromatic nitrogens is 4. The molecular formula is C96H137ClF6N16O16. The lowest BCUT2D eigenvalue weighted by molar-refractivity contribution is -0.158. The molecule has 135 heavy (non-hydrogen) atoms. The lowest BCUT2D eigenvalue weighted by atomic mass is 9.91. The molecule has 0 saturated carbocycles. The Hall–Kier alpha value is -9.65. The number of likely N-dealkylation sites (tertiary alicyclic amines) is 4. The average molecular weight is 1920 g/mol. The predicted octanol–water partition coefficient (Wildman–Crippen LogP) is 14.7. The van der Waals surface area contributed by atoms with E-state index in [-0.39, 0.29) is 114 Å². The van der Waals surface area contributed by atoms with Gasteiger partial charge in [0.15, 0.2) is 6.19 Å². The van der Waals surface area contributed by atoms with Gasteiger partial charge in [-0.3, -0.25) is 19.2 Å². The molecule has 5 aromatic rings. The number of fused-ring (bicyclic) bond motifs is 8. The summed E-state index contributed by atoms with van der Waals surface area (Å²) in [7, 11) is 0. The Morgan fingerprint density at radius 2 is 0.733 bits per heavy atom. The number of piperidine rings is 8. The largest absolute Gasteiger partial charge is 0.481 e. The van der Waals surface area contributed by atoms with Crippen molar-refractivity contribution in [3.63, 3.8) is 0 Å². The quantitative estimate of drug-likeness (QED) is 0.0110. The van der Waals surface area contributed by atoms with Gasteiger partial charge in [0.1, 0.15) is 37.6 Å². The van der Waals surface area contributed by atoms with Crippen LogP contribution in [0.5, 0.6) is 0 Å². The number of carbonyl (C=O) groups is 6. The minimum atomic E-state index is -4.61. The highest BCUT2D eigenvalue weighted by Crippen LogP contribution is 2.46. The van der Waals surface area contributed by atoms with E-state index in [0.29, 0.717) is 68.9 Å². The molecule has 17 rings (SSSR count). The summed E-state index contributed by atoms with van der Waals surface area (Å²) >= 11 is 0. The van der Waals surface area contributed by atoms with E-state index in [1.165, 1.54) is 0 Å². The van der Waals surface area contributed by atoms with Crippen LogP contribution in [0.2, 0.25) is 0 Å². The van der Waals surface area contributed by atoms with Crippen LogP contribution < -0.4 is 21.0 Å². The molecule has 12 atom stereocenters. The summed E-state index contributed by atoms with van der Waals surface area (Å²) in [5.74, 6) is -4.38. The molecule has 32 nitrogen and oxygen atoms in total. The maximum atomic E-state index is 12.9. The molecular weight excluding hydrogens is 1780 g/mol. The van der Waals surface area contributed by atoms with Gasteiger partial charge in [-0.2, -0.15) is 41.6 Å². The fraction of sp³-hybridized carbons (Fsp3) is 0.688. The number of amidine groups is 1. The van der Waals surface area contributed by atoms with Crippen LogP contribution in [0.25, 0.3) is 0 Å². The maximum absolute atomic E-state index is 12.9. The summed E-state index contributed by atoms with van der Waals surface area (Å²) in [6.45, 7) is 23.9. The molecule has 3 aromatic carbocycles. The number of esters is 4. The van der Waals surface area contributed by atoms with E-state index in [0.717, 1.165) is 210 Å². The highest BCUT2D eigenvalue weighted by Gasteiger charge is 2.52. The van der Waals surface area contributed by atoms with Crippen molar-refractivity contribution in [3.8, 4) is 6.19 Å². The molecule has 746 valence electrons. The number of carbonyl (C=O) groups excluding carboxylic acids is 5. The first-order chi connectivity index (χ1) is 63.6. The number of nitrogens with zero attached hydrogens (tertiary/aromatic N) is 13. The van der Waals surface area contributed by atoms with Gasteiger partial charge in [-0.15, -0.1) is 17.9 Å². The number of nitrogens with two attached hydrogens (primary N) is 1. The number of nitriles is 1. The van der Waals surface area contributed by atoms with Crippen molar-refractivity contribution in [3.05, 3.63) is 119 Å². The van der Waals surface area contributed by atoms with E-state index in [9.17, 15) is 60.4 Å². The zero-order valence-corrected chi connectivity index (χ0v) is 79.8. The van der Waals surface area contributed by atoms with Gasteiger partial charge in [0.2, 0.25) is 0 Å². The van der Waals surface area contributed by atoms with E-state index < -0.39 is 59.8 Å². The van der Waals surface area contributed by atoms with Gasteiger partial charge < -0.3 is 92.7 Å². The van der Waals surface area contributed by atoms with Crippen molar-refractivity contribution in [2.75, 3.05) is 68.8 Å². The lowest BCUT2D eigenvalue weighted by Crippen LogP contribution is -2.55. The Balaban J connectivity index is 0.000000165. The maximum Gasteiger partial charge on any atom is 0.455 e. The number of amides is 1. The second kappa shape index (κ2) is 47.6. The number of carboxylic acids is 1. The normalized spacial score (nSPS) is 25.7. The molecule has 0 aliphatic carbocycles. The minimum Gasteiger partial charge on any atom is -0.481 e. The number of alkyl halides is 6. The van der Waals surface area contributed by atoms with Crippen molar-refractivity contribution >= 4 is 66.4 Å². The molecule has 4 unspecified atom stereocenters. The number of ether oxygens (including phenoxy) is 5. The summed E-state index contributed by atoms with van der Waals surface area (Å²) in [5.41, 5.74) is 9.51. The molecule has 12 aliphatic rings. The summed E-state index contributed by atoms with van der Waals surface area (Å²) < 4.78 is 113. The lowest BCUT2D eigenvalue weighted by Gasteiger charge is -2.45. The van der Waals surface area contributed by atoms with E-state index in [1.54, 1.807) is 41.5 Å². The Morgan fingerprint density at radius 1 is 0.452 bits per heavy atom. The van der Waals surface area contributed by atoms with Crippen molar-refractivity contribution in [1.29, 1.82) is 10.7 Å². The smallest absolute Gasteiger partial charge is 0.455 e. The van der Waals surface area contributed by atoms with Gasteiger partial charge in [0.05, 0.1) is 23.7 Å². The number of benzene rings is 3. The average Bonchev–Trinajstić information content (AvgIpc) is 1.60. The first kappa shape index (κ1) is 106. The van der Waals surface area contributed by atoms with Gasteiger partial charge in [-0.25, -0.2) is 15.0 Å². The first-order valence-corrected chi connectivity index (χ1v) is 47.6. The fourth-order valence-electron chi connectivity index (χ4n) is 21.1. The first-order valence-electron chi connectivity index (χ1n) is 47.6. The van der Waals surface area contributed by atoms with Crippen molar-refractivity contribution in [2.45, 2.75) is 338 Å². The molecule has 12 aliphatic heterocycles. The Labute approximate surface area is 792 Å². The monoisotopic (exact) mass is 1920 g/mol. The molecule has 1 amide bonds. The van der Waals surface area contributed by atoms with Gasteiger partial charge in [-0.1, -0.05) is 91.0 Å². The van der Waals surface area contributed by atoms with Crippen LogP contribution in [0.3, 0.4) is 0 Å². The Kier molecular flexibility index (Phi) is 37.3. The topological polar surface area (TPSA) is 388 Å². The number of aliphatic carboxylic acids is 1. The van der Waals surface area contributed by atoms with Gasteiger partial charge >= 0.3 is 66.3 Å². The number of rotatable bonds is 17. The molecule has 12 fully saturated rings. The SMILES string of the molecule is CC(C)(C)N.CC(C)(C)OC(=O)CO.CC(C)(C)OC(=O)NOC(=N)N1[C@@H]2CC[C@H]1CC(N1CCC(C(=O)OCc3ccccc3)CC1)C2.Cl.N#CN1[C@@H]2CC[C@H]1CC(N1CCC(C(=O)OCc3ccccc3)CC1)C2.O=C(O)C1CCN(C2C[C@H]3CC[C@@H](C2)N3c2nc(C(F)(F)F)no2)CC1.O=C(OCc1ccccc1)C1CCN(C2C[C@H]3CC[C@@H](C2)N3c2nc(C(F)(F)F)no2)CC1. The van der Waals surface area contributed by atoms with E-state index in [1.807, 2.05) is 131 Å². The van der Waals surface area contributed by atoms with E-state index >= 15 is 0 Å². The van der Waals surface area contributed by atoms with Crippen LogP contribution in [0.1, 0.15) is 245 Å². The molecule has 8 bridgehead atoms. The fourth-order valence-corrected chi connectivity index (χ4v) is 21.1. The highest BCUT2D eigenvalue weighted by molar-refractivity contribution is 5.85. The van der Waals surface area contributed by atoms with Crippen LogP contribution in [0.15, 0.2) is 100 Å². The highest BCUT2D eigenvalue weighted by atomic mass is 35.5. The molecule has 0 spiro atoms. The summed E-state index contributed by atoms with van der Waals surface area (Å²) in [6.07, 6.45) is 14.2. The zero-order chi connectivity index (χ0) is 96.4. The Bertz CT molecular complexity index is 4580. The third-order valence-corrected chi connectivity index (χ3v) is 27.3. The molecule has 12 saturated heterocycles. The minimum absolute atomic E-state index is 0. The van der Waals surface area contributed by atoms with Crippen molar-refractivity contribution in [1.82, 2.24) is 55.2 Å². The van der Waals surface area contributed by atoms with Gasteiger partial charge in [0, 0.05) is 78.0 Å². The number of anilines is 2. The number of carboxylic acid groups (broad SMARTS) is 1. The van der Waals surface area contributed by atoms with Crippen LogP contribution >= 0.6 is 12.4 Å². The molecule has 39 heteroatoms. The van der Waals surface area contributed by atoms with E-state index in [2.05, 4.69) is 51.6 Å². The number of halogens is 7. The third-order valence-electron chi connectivity index (χ3n) is 27.3. The van der Waals surface area contributed by atoms with Crippen molar-refractivity contribution in [2.24, 2.45) is 29.4 Å². The molecule has 6 N–H and O–H groups in total. The second-order valence-corrected chi connectivity index (χ2v) is 40.5. The van der Waals surface area contributed by atoms with Gasteiger partial charge in [0.25, 0.3) is 11.6 Å². The zero-order valence-electron chi connectivity index (χ0n) is 79.0. The standard InChI is InChI=1S/C26H38N4O5.C23H27F3N4O3.C21H27N3O2.C16H21F3N4O3.C6H12O3.C4H11N.ClH/c1-26(2,3)34-25(32)28-35-24(27)30-20-9-10-21(30)16-22(15-20)29-13-11-19(12-14-29)23(31)33-17-18-7-5-4-6-8-18;24-23(25,26)21-27-22(33-28-21)30-17-6-7-18(30)13-19(12-17)29-10-8-16(9-11-29)20(31)32-14-15-4-2-1-3-5-15;22-15-24-18-6-7-19(24)13-20(12-18)23-10-8-17(9-11-23)21(25)26-14-16-4-2-1-3-5-16;17-16(18,19)14-20-15(26-21-14)23-10-1-2-11(23)8-12(7-10)22-5-3-9(4-6-22)13(24)25;1-6(2,3)9-5(8)4-7;1-4(2,3)5;/h4-8,19-22,27H,9-17H2,1-3H3,(H,28,32);1-5,16-19H,6-14H2;1-5,17-20H,6-14H2;9-12H,1-8H2,(H,24,25);7H,4H2,1-3H3;5H2,1-3H3;1H/t20-,21+,22?;17-,18+,19?;18-,19+,20?;10-,11+,12?;;;. The number of nitrogens with one attached hydrogen (secondary N) is 2. The summed E-state index contributed by atoms with van der Waals surface area (Å²) in [4.78, 5) is 101. The van der Waals surface area contributed by atoms with Gasteiger partial charge in [-0.05, 0) is 296 Å². The van der Waals surface area contributed by atoms with Crippen LogP contribution in [0, 0.1) is 40.5 Å².